The Bertz CT molecular complexity index is 447. The molecule has 0 spiro atoms. The number of nitrogens with zero attached hydrogens (tertiary/aromatic N) is 2. The van der Waals surface area contributed by atoms with Crippen molar-refractivity contribution in [3.8, 4) is 0 Å². The van der Waals surface area contributed by atoms with Crippen LogP contribution in [0.2, 0.25) is 5.02 Å². The van der Waals surface area contributed by atoms with E-state index in [2.05, 4.69) is 4.90 Å². The molecule has 1 heterocycles. The van der Waals surface area contributed by atoms with Gasteiger partial charge in [-0.15, -0.1) is 0 Å². The summed E-state index contributed by atoms with van der Waals surface area (Å²) >= 11 is 5.92. The number of benzene rings is 1. The molecule has 1 aromatic rings. The van der Waals surface area contributed by atoms with Crippen LogP contribution in [0.25, 0.3) is 0 Å². The Morgan fingerprint density at radius 2 is 2.00 bits per heavy atom. The highest BCUT2D eigenvalue weighted by Gasteiger charge is 2.20. The van der Waals surface area contributed by atoms with Crippen LogP contribution in [0.4, 0.5) is 4.39 Å². The molecule has 1 aromatic carbocycles. The summed E-state index contributed by atoms with van der Waals surface area (Å²) in [4.78, 5) is 16.1. The summed E-state index contributed by atoms with van der Waals surface area (Å²) in [5, 5.41) is 0.704. The summed E-state index contributed by atoms with van der Waals surface area (Å²) in [7, 11) is 0. The zero-order chi connectivity index (χ0) is 14.4. The lowest BCUT2D eigenvalue weighted by Gasteiger charge is -2.34. The monoisotopic (exact) mass is 298 g/mol. The van der Waals surface area contributed by atoms with Crippen molar-refractivity contribution in [2.75, 3.05) is 39.4 Å². The van der Waals surface area contributed by atoms with Crippen molar-refractivity contribution in [1.82, 2.24) is 9.80 Å². The first-order valence-electron chi connectivity index (χ1n) is 6.99. The summed E-state index contributed by atoms with van der Waals surface area (Å²) in [6.07, 6.45) is 1.22. The maximum Gasteiger partial charge on any atom is 0.222 e. The predicted molar refractivity (Wildman–Crippen MR) is 78.8 cm³/mol. The Balaban J connectivity index is 1.76. The van der Waals surface area contributed by atoms with E-state index in [1.807, 2.05) is 29.2 Å². The van der Waals surface area contributed by atoms with Crippen LogP contribution < -0.4 is 0 Å². The van der Waals surface area contributed by atoms with Gasteiger partial charge in [0.1, 0.15) is 6.67 Å². The molecule has 0 N–H and O–H groups in total. The van der Waals surface area contributed by atoms with Gasteiger partial charge in [0, 0.05) is 44.2 Å². The molecule has 0 aliphatic carbocycles. The van der Waals surface area contributed by atoms with E-state index in [4.69, 9.17) is 11.6 Å². The van der Waals surface area contributed by atoms with Gasteiger partial charge in [0.05, 0.1) is 0 Å². The average molecular weight is 299 g/mol. The summed E-state index contributed by atoms with van der Waals surface area (Å²) < 4.78 is 12.2. The number of hydrogen-bond acceptors (Lipinski definition) is 2. The summed E-state index contributed by atoms with van der Waals surface area (Å²) in [6.45, 7) is 3.11. The minimum atomic E-state index is -0.317. The van der Waals surface area contributed by atoms with E-state index in [-0.39, 0.29) is 12.6 Å². The first-order valence-corrected chi connectivity index (χ1v) is 7.37. The lowest BCUT2D eigenvalue weighted by Crippen LogP contribution is -2.49. The lowest BCUT2D eigenvalue weighted by atomic mass is 10.1. The quantitative estimate of drug-likeness (QED) is 0.833. The molecule has 0 radical (unpaired) electrons. The fourth-order valence-electron chi connectivity index (χ4n) is 2.44. The second-order valence-corrected chi connectivity index (χ2v) is 5.48. The maximum atomic E-state index is 12.2. The van der Waals surface area contributed by atoms with Crippen molar-refractivity contribution in [1.29, 1.82) is 0 Å². The SMILES string of the molecule is O=C(CCc1cccc(Cl)c1)N1CCN(CCF)CC1. The van der Waals surface area contributed by atoms with Crippen molar-refractivity contribution < 1.29 is 9.18 Å². The molecular weight excluding hydrogens is 279 g/mol. The Labute approximate surface area is 124 Å². The highest BCUT2D eigenvalue weighted by molar-refractivity contribution is 6.30. The molecule has 3 nitrogen and oxygen atoms in total. The summed E-state index contributed by atoms with van der Waals surface area (Å²) in [6, 6.07) is 7.61. The smallest absolute Gasteiger partial charge is 0.222 e. The number of carbonyl (C=O) groups is 1. The fourth-order valence-corrected chi connectivity index (χ4v) is 2.66. The van der Waals surface area contributed by atoms with Crippen molar-refractivity contribution in [2.24, 2.45) is 0 Å². The van der Waals surface area contributed by atoms with E-state index in [1.54, 1.807) is 0 Å². The Hall–Kier alpha value is -1.13. The predicted octanol–water partition coefficient (Wildman–Crippen LogP) is 2.39. The van der Waals surface area contributed by atoms with Gasteiger partial charge in [-0.05, 0) is 24.1 Å². The van der Waals surface area contributed by atoms with Gasteiger partial charge in [0.15, 0.2) is 0 Å². The summed E-state index contributed by atoms with van der Waals surface area (Å²) in [5.41, 5.74) is 1.09. The second kappa shape index (κ2) is 7.60. The fraction of sp³-hybridized carbons (Fsp3) is 0.533. The number of carbonyl (C=O) groups excluding carboxylic acids is 1. The van der Waals surface area contributed by atoms with E-state index in [0.717, 1.165) is 18.7 Å². The van der Waals surface area contributed by atoms with Crippen LogP contribution in [0, 0.1) is 0 Å². The molecule has 110 valence electrons. The first kappa shape index (κ1) is 15.3. The standard InChI is InChI=1S/C15H20ClFN2O/c16-14-3-1-2-13(12-14)4-5-15(20)19-10-8-18(7-6-17)9-11-19/h1-3,12H,4-11H2. The molecule has 0 atom stereocenters. The number of piperazine rings is 1. The molecule has 20 heavy (non-hydrogen) atoms. The molecule has 1 aliphatic heterocycles. The molecule has 2 rings (SSSR count). The highest BCUT2D eigenvalue weighted by atomic mass is 35.5. The maximum absolute atomic E-state index is 12.2. The van der Waals surface area contributed by atoms with Crippen molar-refractivity contribution >= 4 is 17.5 Å². The van der Waals surface area contributed by atoms with Gasteiger partial charge in [-0.25, -0.2) is 4.39 Å². The largest absolute Gasteiger partial charge is 0.340 e. The minimum Gasteiger partial charge on any atom is -0.340 e. The number of aryl methyl sites for hydroxylation is 1. The van der Waals surface area contributed by atoms with Crippen LogP contribution in [0.5, 0.6) is 0 Å². The van der Waals surface area contributed by atoms with Crippen LogP contribution in [-0.4, -0.2) is 55.1 Å². The molecular formula is C15H20ClFN2O. The number of hydrogen-bond donors (Lipinski definition) is 0. The van der Waals surface area contributed by atoms with Crippen LogP contribution >= 0.6 is 11.6 Å². The zero-order valence-corrected chi connectivity index (χ0v) is 12.3. The Morgan fingerprint density at radius 1 is 1.25 bits per heavy atom. The third-order valence-electron chi connectivity index (χ3n) is 3.64. The van der Waals surface area contributed by atoms with Gasteiger partial charge in [-0.1, -0.05) is 23.7 Å². The molecule has 1 saturated heterocycles. The van der Waals surface area contributed by atoms with E-state index in [9.17, 15) is 9.18 Å². The van der Waals surface area contributed by atoms with E-state index in [1.165, 1.54) is 0 Å². The molecule has 0 aromatic heterocycles. The van der Waals surface area contributed by atoms with Gasteiger partial charge < -0.3 is 4.90 Å². The Morgan fingerprint density at radius 3 is 2.65 bits per heavy atom. The number of alkyl halides is 1. The van der Waals surface area contributed by atoms with Gasteiger partial charge in [0.25, 0.3) is 0 Å². The number of amides is 1. The summed E-state index contributed by atoms with van der Waals surface area (Å²) in [5.74, 6) is 0.171. The van der Waals surface area contributed by atoms with Crippen LogP contribution in [-0.2, 0) is 11.2 Å². The van der Waals surface area contributed by atoms with E-state index >= 15 is 0 Å². The van der Waals surface area contributed by atoms with Gasteiger partial charge in [-0.3, -0.25) is 9.69 Å². The van der Waals surface area contributed by atoms with Gasteiger partial charge in [-0.2, -0.15) is 0 Å². The molecule has 1 fully saturated rings. The average Bonchev–Trinajstić information content (AvgIpc) is 2.46. The van der Waals surface area contributed by atoms with Gasteiger partial charge in [0.2, 0.25) is 5.91 Å². The molecule has 1 amide bonds. The van der Waals surface area contributed by atoms with Crippen LogP contribution in [0.15, 0.2) is 24.3 Å². The van der Waals surface area contributed by atoms with E-state index < -0.39 is 0 Å². The zero-order valence-electron chi connectivity index (χ0n) is 11.5. The third kappa shape index (κ3) is 4.46. The van der Waals surface area contributed by atoms with Crippen LogP contribution in [0.1, 0.15) is 12.0 Å². The van der Waals surface area contributed by atoms with Crippen molar-refractivity contribution in [3.63, 3.8) is 0 Å². The molecule has 0 saturated carbocycles. The minimum absolute atomic E-state index is 0.171. The van der Waals surface area contributed by atoms with Gasteiger partial charge >= 0.3 is 0 Å². The highest BCUT2D eigenvalue weighted by Crippen LogP contribution is 2.13. The third-order valence-corrected chi connectivity index (χ3v) is 3.88. The molecule has 0 bridgehead atoms. The Kier molecular flexibility index (Phi) is 5.80. The van der Waals surface area contributed by atoms with E-state index in [0.29, 0.717) is 37.5 Å². The molecule has 5 heteroatoms. The number of rotatable bonds is 5. The number of halogens is 2. The van der Waals surface area contributed by atoms with Crippen LogP contribution in [0.3, 0.4) is 0 Å². The normalized spacial score (nSPS) is 16.4. The molecule has 0 unspecified atom stereocenters. The second-order valence-electron chi connectivity index (χ2n) is 5.04. The molecule has 1 aliphatic rings. The lowest BCUT2D eigenvalue weighted by molar-refractivity contribution is -0.132. The topological polar surface area (TPSA) is 23.6 Å². The first-order chi connectivity index (χ1) is 9.69. The van der Waals surface area contributed by atoms with Crippen molar-refractivity contribution in [3.05, 3.63) is 34.9 Å². The van der Waals surface area contributed by atoms with Crippen molar-refractivity contribution in [2.45, 2.75) is 12.8 Å².